The first-order chi connectivity index (χ1) is 9.26. The van der Waals surface area contributed by atoms with Crippen molar-refractivity contribution in [2.45, 2.75) is 36.7 Å². The average molecular weight is 390 g/mol. The van der Waals surface area contributed by atoms with Crippen LogP contribution in [0.2, 0.25) is 0 Å². The van der Waals surface area contributed by atoms with Gasteiger partial charge in [0.05, 0.1) is 6.10 Å². The molecular weight excluding hydrogens is 371 g/mol. The highest BCUT2D eigenvalue weighted by Gasteiger charge is 2.70. The Morgan fingerprint density at radius 2 is 2.10 bits per heavy atom. The lowest BCUT2D eigenvalue weighted by Gasteiger charge is -2.45. The molecule has 1 spiro atoms. The Hall–Kier alpha value is -0.430. The summed E-state index contributed by atoms with van der Waals surface area (Å²) < 4.78 is 5.21. The SMILES string of the molecule is C=C1COC(=O)[C@@]12C[C@H]1C[C@@H](I)[C@H](O)[C@@H](C)[C@@]1(C)C2=O. The fourth-order valence-electron chi connectivity index (χ4n) is 4.33. The maximum Gasteiger partial charge on any atom is 0.324 e. The number of hydrogen-bond donors (Lipinski definition) is 1. The molecule has 3 fully saturated rings. The van der Waals surface area contributed by atoms with Gasteiger partial charge in [0.1, 0.15) is 6.61 Å². The quantitative estimate of drug-likeness (QED) is 0.226. The van der Waals surface area contributed by atoms with Crippen molar-refractivity contribution in [3.8, 4) is 0 Å². The maximum atomic E-state index is 13.1. The average Bonchev–Trinajstić information content (AvgIpc) is 2.82. The Kier molecular flexibility index (Phi) is 3.11. The summed E-state index contributed by atoms with van der Waals surface area (Å²) in [6.45, 7) is 7.89. The number of fused-ring (bicyclic) bond motifs is 1. The van der Waals surface area contributed by atoms with E-state index in [2.05, 4.69) is 29.2 Å². The van der Waals surface area contributed by atoms with Crippen LogP contribution in [0, 0.1) is 22.7 Å². The van der Waals surface area contributed by atoms with Crippen LogP contribution in [0.5, 0.6) is 0 Å². The number of Topliss-reactive ketones (excluding diaryl/α,β-unsaturated/α-hetero) is 1. The van der Waals surface area contributed by atoms with Gasteiger partial charge in [-0.3, -0.25) is 9.59 Å². The number of esters is 1. The molecule has 1 N–H and O–H groups in total. The fourth-order valence-corrected chi connectivity index (χ4v) is 5.57. The Morgan fingerprint density at radius 3 is 2.65 bits per heavy atom. The lowest BCUT2D eigenvalue weighted by molar-refractivity contribution is -0.152. The zero-order valence-corrected chi connectivity index (χ0v) is 13.8. The topological polar surface area (TPSA) is 63.6 Å². The first kappa shape index (κ1) is 14.5. The first-order valence-corrected chi connectivity index (χ1v) is 8.23. The molecule has 0 aromatic heterocycles. The number of cyclic esters (lactones) is 1. The van der Waals surface area contributed by atoms with Crippen LogP contribution in [-0.2, 0) is 14.3 Å². The number of carbonyl (C=O) groups excluding carboxylic acids is 2. The van der Waals surface area contributed by atoms with Gasteiger partial charge in [0.2, 0.25) is 0 Å². The van der Waals surface area contributed by atoms with Crippen molar-refractivity contribution < 1.29 is 19.4 Å². The van der Waals surface area contributed by atoms with Crippen molar-refractivity contribution in [1.29, 1.82) is 0 Å². The molecule has 3 aliphatic rings. The van der Waals surface area contributed by atoms with Crippen molar-refractivity contribution in [2.24, 2.45) is 22.7 Å². The van der Waals surface area contributed by atoms with Crippen molar-refractivity contribution in [3.63, 3.8) is 0 Å². The third-order valence-corrected chi connectivity index (χ3v) is 7.19. The second kappa shape index (κ2) is 4.29. The number of aliphatic hydroxyl groups is 1. The molecule has 1 aliphatic heterocycles. The zero-order valence-electron chi connectivity index (χ0n) is 11.7. The molecule has 0 aromatic carbocycles. The molecule has 0 bridgehead atoms. The summed E-state index contributed by atoms with van der Waals surface area (Å²) in [6.07, 6.45) is 0.745. The molecule has 2 saturated carbocycles. The van der Waals surface area contributed by atoms with E-state index in [-0.39, 0.29) is 28.2 Å². The Bertz CT molecular complexity index is 498. The van der Waals surface area contributed by atoms with Crippen LogP contribution in [-0.4, -0.2) is 33.5 Å². The zero-order chi connectivity index (χ0) is 14.9. The van der Waals surface area contributed by atoms with Crippen LogP contribution in [0.15, 0.2) is 12.2 Å². The summed E-state index contributed by atoms with van der Waals surface area (Å²) in [5.41, 5.74) is -1.21. The van der Waals surface area contributed by atoms with E-state index in [1.54, 1.807) is 0 Å². The van der Waals surface area contributed by atoms with Crippen LogP contribution in [0.25, 0.3) is 0 Å². The number of halogens is 1. The van der Waals surface area contributed by atoms with Gasteiger partial charge in [-0.25, -0.2) is 0 Å². The minimum atomic E-state index is -1.14. The van der Waals surface area contributed by atoms with Crippen LogP contribution in [0.4, 0.5) is 0 Å². The summed E-state index contributed by atoms with van der Waals surface area (Å²) in [5, 5.41) is 10.3. The monoisotopic (exact) mass is 390 g/mol. The smallest absolute Gasteiger partial charge is 0.324 e. The number of alkyl halides is 1. The molecule has 5 heteroatoms. The highest BCUT2D eigenvalue weighted by atomic mass is 127. The van der Waals surface area contributed by atoms with E-state index in [9.17, 15) is 14.7 Å². The molecule has 0 aromatic rings. The number of aliphatic hydroxyl groups excluding tert-OH is 1. The van der Waals surface area contributed by atoms with Crippen LogP contribution in [0.1, 0.15) is 26.7 Å². The molecular formula is C15H19IO4. The number of hydrogen-bond acceptors (Lipinski definition) is 4. The first-order valence-electron chi connectivity index (χ1n) is 6.98. The lowest BCUT2D eigenvalue weighted by atomic mass is 9.61. The van der Waals surface area contributed by atoms with E-state index < -0.39 is 22.9 Å². The molecule has 0 radical (unpaired) electrons. The molecule has 6 atom stereocenters. The van der Waals surface area contributed by atoms with Gasteiger partial charge in [0, 0.05) is 9.34 Å². The number of rotatable bonds is 0. The van der Waals surface area contributed by atoms with Crippen molar-refractivity contribution in [3.05, 3.63) is 12.2 Å². The Morgan fingerprint density at radius 1 is 1.45 bits per heavy atom. The molecule has 1 saturated heterocycles. The Balaban J connectivity index is 2.10. The van der Waals surface area contributed by atoms with Gasteiger partial charge < -0.3 is 9.84 Å². The minimum Gasteiger partial charge on any atom is -0.460 e. The van der Waals surface area contributed by atoms with E-state index in [1.165, 1.54) is 0 Å². The normalized spacial score (nSPS) is 51.5. The standard InChI is InChI=1S/C15H19IO4/c1-7-6-20-13(19)15(7)5-9-4-10(16)11(17)8(2)14(9,3)12(15)18/h8-11,17H,1,4-6H2,2-3H3/t8-,9-,10-,11-,14-,15+/m1/s1. The Labute approximate surface area is 132 Å². The molecule has 2 aliphatic carbocycles. The van der Waals surface area contributed by atoms with Crippen molar-refractivity contribution >= 4 is 34.3 Å². The van der Waals surface area contributed by atoms with Gasteiger partial charge >= 0.3 is 5.97 Å². The summed E-state index contributed by atoms with van der Waals surface area (Å²) in [7, 11) is 0. The maximum absolute atomic E-state index is 13.1. The van der Waals surface area contributed by atoms with Crippen molar-refractivity contribution in [2.75, 3.05) is 6.61 Å². The predicted octanol–water partition coefficient (Wildman–Crippen LogP) is 1.89. The van der Waals surface area contributed by atoms with Gasteiger partial charge in [-0.1, -0.05) is 43.0 Å². The molecule has 0 unspecified atom stereocenters. The van der Waals surface area contributed by atoms with Crippen LogP contribution >= 0.6 is 22.6 Å². The molecule has 4 nitrogen and oxygen atoms in total. The lowest BCUT2D eigenvalue weighted by Crippen LogP contribution is -2.51. The third kappa shape index (κ3) is 1.46. The fraction of sp³-hybridized carbons (Fsp3) is 0.733. The summed E-state index contributed by atoms with van der Waals surface area (Å²) in [5.74, 6) is -0.568. The van der Waals surface area contributed by atoms with E-state index in [0.717, 1.165) is 6.42 Å². The number of carbonyl (C=O) groups is 2. The van der Waals surface area contributed by atoms with E-state index in [0.29, 0.717) is 12.0 Å². The van der Waals surface area contributed by atoms with Gasteiger partial charge in [-0.15, -0.1) is 0 Å². The van der Waals surface area contributed by atoms with E-state index in [4.69, 9.17) is 4.74 Å². The molecule has 3 rings (SSSR count). The van der Waals surface area contributed by atoms with Gasteiger partial charge in [0.25, 0.3) is 0 Å². The van der Waals surface area contributed by atoms with Crippen LogP contribution < -0.4 is 0 Å². The second-order valence-corrected chi connectivity index (χ2v) is 8.23. The number of ether oxygens (including phenoxy) is 1. The highest BCUT2D eigenvalue weighted by molar-refractivity contribution is 14.1. The minimum absolute atomic E-state index is 0.0858. The summed E-state index contributed by atoms with van der Waals surface area (Å²) in [6, 6.07) is 0. The molecule has 1 heterocycles. The molecule has 110 valence electrons. The number of ketones is 1. The summed E-state index contributed by atoms with van der Waals surface area (Å²) >= 11 is 2.25. The largest absolute Gasteiger partial charge is 0.460 e. The van der Waals surface area contributed by atoms with E-state index >= 15 is 0 Å². The third-order valence-electron chi connectivity index (χ3n) is 5.95. The molecule has 0 amide bonds. The summed E-state index contributed by atoms with van der Waals surface area (Å²) in [4.78, 5) is 25.3. The van der Waals surface area contributed by atoms with Crippen molar-refractivity contribution in [1.82, 2.24) is 0 Å². The van der Waals surface area contributed by atoms with Crippen LogP contribution in [0.3, 0.4) is 0 Å². The second-order valence-electron chi connectivity index (χ2n) is 6.63. The van der Waals surface area contributed by atoms with Gasteiger partial charge in [0.15, 0.2) is 11.2 Å². The molecule has 20 heavy (non-hydrogen) atoms. The predicted molar refractivity (Wildman–Crippen MR) is 81.3 cm³/mol. The van der Waals surface area contributed by atoms with Gasteiger partial charge in [-0.05, 0) is 30.3 Å². The van der Waals surface area contributed by atoms with E-state index in [1.807, 2.05) is 13.8 Å². The highest BCUT2D eigenvalue weighted by Crippen LogP contribution is 2.63. The van der Waals surface area contributed by atoms with Gasteiger partial charge in [-0.2, -0.15) is 0 Å².